The normalized spacial score (nSPS) is 18.3. The fraction of sp³-hybridized carbons (Fsp3) is 0.591. The number of hydrogen-bond donors (Lipinski definition) is 4. The summed E-state index contributed by atoms with van der Waals surface area (Å²) in [6.07, 6.45) is 0. The van der Waals surface area contributed by atoms with Crippen molar-refractivity contribution in [1.29, 1.82) is 0 Å². The smallest absolute Gasteiger partial charge is 0.317 e. The first-order valence-corrected chi connectivity index (χ1v) is 11.0. The zero-order chi connectivity index (χ0) is 24.4. The second-order valence-corrected chi connectivity index (χ2v) is 8.37. The third-order valence-electron chi connectivity index (χ3n) is 5.72. The van der Waals surface area contributed by atoms with Gasteiger partial charge in [0.05, 0.1) is 19.6 Å². The van der Waals surface area contributed by atoms with Crippen LogP contribution in [0.15, 0.2) is 18.2 Å². The number of carbonyl (C=O) groups is 3. The van der Waals surface area contributed by atoms with E-state index in [1.165, 1.54) is 0 Å². The molecule has 1 aliphatic heterocycles. The molecule has 0 spiro atoms. The van der Waals surface area contributed by atoms with Gasteiger partial charge in [0, 0.05) is 64.5 Å². The van der Waals surface area contributed by atoms with Crippen LogP contribution in [0, 0.1) is 6.92 Å². The van der Waals surface area contributed by atoms with Gasteiger partial charge in [-0.3, -0.25) is 34.0 Å². The lowest BCUT2D eigenvalue weighted by molar-refractivity contribution is -0.140. The third kappa shape index (κ3) is 9.74. The molecule has 0 saturated carbocycles. The molecule has 1 saturated heterocycles. The van der Waals surface area contributed by atoms with Gasteiger partial charge in [-0.25, -0.2) is 0 Å². The van der Waals surface area contributed by atoms with Crippen LogP contribution in [0.3, 0.4) is 0 Å². The SMILES string of the molecule is Cc1cccc(CN2CCN(CC(=O)O)CCN(CC(=O)O)CCN(CC(=O)O)CC2)c1O. The molecule has 0 radical (unpaired) electrons. The monoisotopic (exact) mass is 466 g/mol. The summed E-state index contributed by atoms with van der Waals surface area (Å²) in [4.78, 5) is 41.3. The highest BCUT2D eigenvalue weighted by Gasteiger charge is 2.20. The Morgan fingerprint density at radius 2 is 1.06 bits per heavy atom. The summed E-state index contributed by atoms with van der Waals surface area (Å²) in [5.74, 6) is -2.68. The standard InChI is InChI=1S/C22H34N4O7/c1-17-3-2-4-18(22(17)33)13-23-5-7-24(14-19(27)28)9-11-26(16-21(31)32)12-10-25(8-6-23)15-20(29)30/h2-4,33H,5-16H2,1H3,(H,27,28)(H,29,30)(H,31,32). The summed E-state index contributed by atoms with van der Waals surface area (Å²) >= 11 is 0. The van der Waals surface area contributed by atoms with E-state index in [0.717, 1.165) is 11.1 Å². The van der Waals surface area contributed by atoms with Gasteiger partial charge in [0.25, 0.3) is 0 Å². The van der Waals surface area contributed by atoms with E-state index in [1.807, 2.05) is 25.1 Å². The molecule has 33 heavy (non-hydrogen) atoms. The molecule has 1 fully saturated rings. The van der Waals surface area contributed by atoms with Gasteiger partial charge < -0.3 is 20.4 Å². The van der Waals surface area contributed by atoms with E-state index in [0.29, 0.717) is 58.9 Å². The van der Waals surface area contributed by atoms with Gasteiger partial charge in [-0.15, -0.1) is 0 Å². The summed E-state index contributed by atoms with van der Waals surface area (Å²) in [7, 11) is 0. The predicted molar refractivity (Wildman–Crippen MR) is 120 cm³/mol. The Balaban J connectivity index is 2.20. The summed E-state index contributed by atoms with van der Waals surface area (Å²) < 4.78 is 0. The summed E-state index contributed by atoms with van der Waals surface area (Å²) in [6.45, 7) is 5.15. The lowest BCUT2D eigenvalue weighted by atomic mass is 10.1. The van der Waals surface area contributed by atoms with Gasteiger partial charge in [0.15, 0.2) is 0 Å². The lowest BCUT2D eigenvalue weighted by Gasteiger charge is -2.33. The predicted octanol–water partition coefficient (Wildman–Crippen LogP) is -0.324. The van der Waals surface area contributed by atoms with Crippen molar-refractivity contribution in [3.05, 3.63) is 29.3 Å². The number of carboxylic acid groups (broad SMARTS) is 3. The van der Waals surface area contributed by atoms with Crippen LogP contribution in [-0.4, -0.2) is 130 Å². The highest BCUT2D eigenvalue weighted by molar-refractivity contribution is 5.69. The van der Waals surface area contributed by atoms with E-state index in [2.05, 4.69) is 4.90 Å². The Kier molecular flexibility index (Phi) is 10.5. The first kappa shape index (κ1) is 26.5. The minimum Gasteiger partial charge on any atom is -0.507 e. The third-order valence-corrected chi connectivity index (χ3v) is 5.72. The molecule has 1 aromatic rings. The zero-order valence-corrected chi connectivity index (χ0v) is 19.0. The van der Waals surface area contributed by atoms with Crippen LogP contribution in [-0.2, 0) is 20.9 Å². The minimum atomic E-state index is -0.985. The number of phenols is 1. The number of nitrogens with zero attached hydrogens (tertiary/aromatic N) is 4. The Hall–Kier alpha value is -2.73. The molecule has 11 nitrogen and oxygen atoms in total. The number of hydrogen-bond acceptors (Lipinski definition) is 8. The summed E-state index contributed by atoms with van der Waals surface area (Å²) in [5, 5.41) is 38.2. The average molecular weight is 467 g/mol. The molecular formula is C22H34N4O7. The second-order valence-electron chi connectivity index (χ2n) is 8.37. The number of benzene rings is 1. The average Bonchev–Trinajstić information content (AvgIpc) is 2.72. The quantitative estimate of drug-likeness (QED) is 0.400. The fourth-order valence-corrected chi connectivity index (χ4v) is 3.87. The fourth-order valence-electron chi connectivity index (χ4n) is 3.87. The van der Waals surface area contributed by atoms with E-state index < -0.39 is 17.9 Å². The molecule has 0 bridgehead atoms. The Morgan fingerprint density at radius 1 is 0.697 bits per heavy atom. The molecule has 0 aromatic heterocycles. The largest absolute Gasteiger partial charge is 0.507 e. The maximum absolute atomic E-state index is 11.3. The molecule has 1 aromatic carbocycles. The number of aromatic hydroxyl groups is 1. The molecule has 0 unspecified atom stereocenters. The van der Waals surface area contributed by atoms with Crippen LogP contribution in [0.4, 0.5) is 0 Å². The molecule has 0 atom stereocenters. The Bertz CT molecular complexity index is 788. The van der Waals surface area contributed by atoms with E-state index in [-0.39, 0.29) is 25.4 Å². The van der Waals surface area contributed by atoms with Gasteiger partial charge in [0.2, 0.25) is 0 Å². The van der Waals surface area contributed by atoms with Crippen molar-refractivity contribution in [3.8, 4) is 5.75 Å². The minimum absolute atomic E-state index is 0.157. The van der Waals surface area contributed by atoms with Crippen molar-refractivity contribution in [2.45, 2.75) is 13.5 Å². The van der Waals surface area contributed by atoms with Crippen LogP contribution in [0.25, 0.3) is 0 Å². The van der Waals surface area contributed by atoms with Crippen LogP contribution in [0.2, 0.25) is 0 Å². The van der Waals surface area contributed by atoms with Gasteiger partial charge in [0.1, 0.15) is 5.75 Å². The maximum Gasteiger partial charge on any atom is 0.317 e. The van der Waals surface area contributed by atoms with Gasteiger partial charge in [-0.2, -0.15) is 0 Å². The lowest BCUT2D eigenvalue weighted by Crippen LogP contribution is -2.48. The van der Waals surface area contributed by atoms with Crippen LogP contribution >= 0.6 is 0 Å². The van der Waals surface area contributed by atoms with Crippen LogP contribution in [0.1, 0.15) is 11.1 Å². The maximum atomic E-state index is 11.3. The molecular weight excluding hydrogens is 432 g/mol. The number of phenolic OH excluding ortho intramolecular Hbond substituents is 1. The van der Waals surface area contributed by atoms with Crippen LogP contribution in [0.5, 0.6) is 5.75 Å². The number of rotatable bonds is 8. The number of aryl methyl sites for hydroxylation is 1. The molecule has 1 aliphatic rings. The van der Waals surface area contributed by atoms with Crippen molar-refractivity contribution in [1.82, 2.24) is 19.6 Å². The van der Waals surface area contributed by atoms with E-state index in [1.54, 1.807) is 14.7 Å². The number of aliphatic carboxylic acids is 3. The van der Waals surface area contributed by atoms with Crippen molar-refractivity contribution >= 4 is 17.9 Å². The van der Waals surface area contributed by atoms with E-state index in [9.17, 15) is 34.8 Å². The molecule has 184 valence electrons. The highest BCUT2D eigenvalue weighted by atomic mass is 16.4. The Labute approximate surface area is 193 Å². The molecule has 0 aliphatic carbocycles. The molecule has 4 N–H and O–H groups in total. The number of para-hydroxylation sites is 1. The van der Waals surface area contributed by atoms with Crippen molar-refractivity contribution < 1.29 is 34.8 Å². The Morgan fingerprint density at radius 3 is 1.42 bits per heavy atom. The summed E-state index contributed by atoms with van der Waals surface area (Å²) in [5.41, 5.74) is 1.52. The van der Waals surface area contributed by atoms with Crippen LogP contribution < -0.4 is 0 Å². The topological polar surface area (TPSA) is 145 Å². The summed E-state index contributed by atoms with van der Waals surface area (Å²) in [6, 6.07) is 5.53. The second kappa shape index (κ2) is 13.1. The van der Waals surface area contributed by atoms with E-state index in [4.69, 9.17) is 0 Å². The van der Waals surface area contributed by atoms with Crippen molar-refractivity contribution in [2.24, 2.45) is 0 Å². The first-order valence-electron chi connectivity index (χ1n) is 11.0. The molecule has 0 amide bonds. The molecule has 2 rings (SSSR count). The van der Waals surface area contributed by atoms with E-state index >= 15 is 0 Å². The van der Waals surface area contributed by atoms with Gasteiger partial charge in [-0.05, 0) is 12.5 Å². The van der Waals surface area contributed by atoms with Gasteiger partial charge in [-0.1, -0.05) is 18.2 Å². The number of carboxylic acids is 3. The highest BCUT2D eigenvalue weighted by Crippen LogP contribution is 2.23. The van der Waals surface area contributed by atoms with Crippen molar-refractivity contribution in [2.75, 3.05) is 72.0 Å². The zero-order valence-electron chi connectivity index (χ0n) is 19.0. The van der Waals surface area contributed by atoms with Crippen molar-refractivity contribution in [3.63, 3.8) is 0 Å². The van der Waals surface area contributed by atoms with Gasteiger partial charge >= 0.3 is 17.9 Å². The molecule has 11 heteroatoms. The first-order chi connectivity index (χ1) is 15.6. The molecule has 1 heterocycles.